The van der Waals surface area contributed by atoms with Gasteiger partial charge in [-0.25, -0.2) is 0 Å². The molecule has 0 amide bonds. The molecule has 2 bridgehead atoms. The molecule has 2 nitrogen and oxygen atoms in total. The maximum atomic E-state index is 8.90. The number of nitrogens with zero attached hydrogens (tertiary/aromatic N) is 2. The highest BCUT2D eigenvalue weighted by molar-refractivity contribution is 5.02. The quantitative estimate of drug-likeness (QED) is 0.636. The highest BCUT2D eigenvalue weighted by Crippen LogP contribution is 2.37. The van der Waals surface area contributed by atoms with E-state index in [-0.39, 0.29) is 0 Å². The summed E-state index contributed by atoms with van der Waals surface area (Å²) >= 11 is 0. The lowest BCUT2D eigenvalue weighted by molar-refractivity contribution is -0.0289. The zero-order chi connectivity index (χ0) is 21.2. The van der Waals surface area contributed by atoms with Gasteiger partial charge >= 0.3 is 0 Å². The van der Waals surface area contributed by atoms with Gasteiger partial charge in [-0.1, -0.05) is 0 Å². The van der Waals surface area contributed by atoms with Crippen LogP contribution in [0.4, 0.5) is 0 Å². The summed E-state index contributed by atoms with van der Waals surface area (Å²) in [6, 6.07) is -5.72. The monoisotopic (exact) mass is 234 g/mol. The average Bonchev–Trinajstić information content (AvgIpc) is 2.40. The number of likely N-dealkylation sites (tertiary alicyclic amines) is 1. The maximum Gasteiger partial charge on any atom is 0.0481 e. The van der Waals surface area contributed by atoms with Crippen LogP contribution in [0, 0.1) is 0 Å². The molecule has 94 valence electrons. The summed E-state index contributed by atoms with van der Waals surface area (Å²) in [4.78, 5) is 1.42. The molecule has 2 aliphatic rings. The summed E-state index contributed by atoms with van der Waals surface area (Å²) in [7, 11) is 0. The molecule has 2 heteroatoms. The lowest BCUT2D eigenvalue weighted by Crippen LogP contribution is -2.63. The largest absolute Gasteiger partial charge is 0.295 e. The van der Waals surface area contributed by atoms with Crippen molar-refractivity contribution in [3.05, 3.63) is 0 Å². The second-order valence-electron chi connectivity index (χ2n) is 6.18. The van der Waals surface area contributed by atoms with Gasteiger partial charge in [-0.15, -0.1) is 0 Å². The smallest absolute Gasteiger partial charge is 0.0481 e. The third-order valence-corrected chi connectivity index (χ3v) is 2.52. The van der Waals surface area contributed by atoms with Crippen LogP contribution in [0.3, 0.4) is 0 Å². The van der Waals surface area contributed by atoms with E-state index in [1.807, 2.05) is 0 Å². The Labute approximate surface area is 115 Å². The summed E-state index contributed by atoms with van der Waals surface area (Å²) in [5, 5.41) is 0. The molecular weight excluding hydrogens is 196 g/mol. The van der Waals surface area contributed by atoms with Gasteiger partial charge in [0.05, 0.1) is 0 Å². The molecule has 0 saturated carbocycles. The molecule has 0 aromatic heterocycles. The van der Waals surface area contributed by atoms with Gasteiger partial charge < -0.3 is 0 Å². The Morgan fingerprint density at radius 1 is 0.938 bits per heavy atom. The highest BCUT2D eigenvalue weighted by atomic mass is 15.4. The van der Waals surface area contributed by atoms with E-state index in [9.17, 15) is 0 Å². The Bertz CT molecular complexity index is 580. The summed E-state index contributed by atoms with van der Waals surface area (Å²) in [5.41, 5.74) is -2.47. The van der Waals surface area contributed by atoms with E-state index in [1.54, 1.807) is 0 Å². The SMILES string of the molecule is [2H]C1([2H])N(C(C)(C)C)C([2H])([2H])C2([2H])N(C(C)(C)C)C1([2H])C([2H])([2H])C2([2H])[2H]. The molecule has 0 spiro atoms. The van der Waals surface area contributed by atoms with Crippen LogP contribution in [0.2, 0.25) is 0 Å². The highest BCUT2D eigenvalue weighted by Gasteiger charge is 2.46. The molecule has 0 aromatic rings. The second kappa shape index (κ2) is 3.71. The van der Waals surface area contributed by atoms with E-state index in [4.69, 9.17) is 13.7 Å². The number of fused-ring (bicyclic) bond motifs is 2. The predicted molar refractivity (Wildman–Crippen MR) is 69.7 cm³/mol. The first-order chi connectivity index (χ1) is 11.0. The van der Waals surface area contributed by atoms with Crippen molar-refractivity contribution in [1.82, 2.24) is 9.80 Å². The second-order valence-corrected chi connectivity index (χ2v) is 6.18. The van der Waals surface area contributed by atoms with E-state index in [2.05, 4.69) is 0 Å². The fraction of sp³-hybridized carbons (Fsp3) is 1.00. The van der Waals surface area contributed by atoms with Crippen LogP contribution in [0.5, 0.6) is 0 Å². The third-order valence-electron chi connectivity index (χ3n) is 2.52. The molecule has 2 atom stereocenters. The van der Waals surface area contributed by atoms with Crippen LogP contribution in [-0.4, -0.2) is 45.9 Å². The van der Waals surface area contributed by atoms with Crippen LogP contribution in [0.1, 0.15) is 68.0 Å². The summed E-state index contributed by atoms with van der Waals surface area (Å²) in [6.45, 7) is 3.19. The lowest BCUT2D eigenvalue weighted by Gasteiger charge is -2.51. The van der Waals surface area contributed by atoms with Crippen LogP contribution in [0.25, 0.3) is 0 Å². The van der Waals surface area contributed by atoms with Crippen molar-refractivity contribution < 1.29 is 13.7 Å². The van der Waals surface area contributed by atoms with Gasteiger partial charge in [0.2, 0.25) is 0 Å². The molecule has 2 unspecified atom stereocenters. The molecule has 0 aromatic carbocycles. The Hall–Kier alpha value is -0.0800. The number of rotatable bonds is 0. The zero-order valence-electron chi connectivity index (χ0n) is 20.9. The first kappa shape index (κ1) is 4.89. The number of hydrogen-bond donors (Lipinski definition) is 0. The fourth-order valence-corrected chi connectivity index (χ4v) is 1.74. The first-order valence-electron chi connectivity index (χ1n) is 10.6. The molecule has 0 radical (unpaired) electrons. The Morgan fingerprint density at radius 3 is 1.69 bits per heavy atom. The van der Waals surface area contributed by atoms with Gasteiger partial charge in [-0.3, -0.25) is 9.80 Å². The number of piperazine rings is 1. The Balaban J connectivity index is 3.10. The van der Waals surface area contributed by atoms with Gasteiger partial charge in [-0.05, 0) is 54.3 Å². The molecule has 16 heavy (non-hydrogen) atoms. The van der Waals surface area contributed by atoms with Crippen LogP contribution in [0.15, 0.2) is 0 Å². The minimum Gasteiger partial charge on any atom is -0.295 e. The van der Waals surface area contributed by atoms with Crippen molar-refractivity contribution in [3.8, 4) is 0 Å². The van der Waals surface area contributed by atoms with Gasteiger partial charge in [-0.2, -0.15) is 0 Å². The minimum absolute atomic E-state index is 0.665. The van der Waals surface area contributed by atoms with Crippen LogP contribution < -0.4 is 0 Å². The molecular formula is C14H28N2. The Kier molecular flexibility index (Phi) is 1.13. The Morgan fingerprint density at radius 2 is 1.38 bits per heavy atom. The van der Waals surface area contributed by atoms with E-state index < -0.39 is 48.9 Å². The first-order valence-corrected chi connectivity index (χ1v) is 5.59. The maximum absolute atomic E-state index is 8.90. The average molecular weight is 234 g/mol. The molecule has 0 N–H and O–H groups in total. The minimum atomic E-state index is -3.16. The molecule has 2 heterocycles. The van der Waals surface area contributed by atoms with Gasteiger partial charge in [0.15, 0.2) is 0 Å². The summed E-state index contributed by atoms with van der Waals surface area (Å²) < 4.78 is 85.9. The molecule has 0 aliphatic carbocycles. The normalized spacial score (nSPS) is 64.4. The lowest BCUT2D eigenvalue weighted by atomic mass is 9.97. The fourth-order valence-electron chi connectivity index (χ4n) is 1.74. The predicted octanol–water partition coefficient (Wildman–Crippen LogP) is 2.73. The number of hydrogen-bond acceptors (Lipinski definition) is 2. The third kappa shape index (κ3) is 2.14. The molecule has 2 saturated heterocycles. The summed E-state index contributed by atoms with van der Waals surface area (Å²) in [6.07, 6.45) is -6.32. The molecule has 2 fully saturated rings. The van der Waals surface area contributed by atoms with Gasteiger partial charge in [0, 0.05) is 49.8 Å². The van der Waals surface area contributed by atoms with Gasteiger partial charge in [0.1, 0.15) is 0 Å². The van der Waals surface area contributed by atoms with E-state index in [1.165, 1.54) is 41.5 Å². The van der Waals surface area contributed by atoms with Crippen molar-refractivity contribution in [3.63, 3.8) is 0 Å². The van der Waals surface area contributed by atoms with Crippen molar-refractivity contribution in [2.24, 2.45) is 0 Å². The van der Waals surface area contributed by atoms with Gasteiger partial charge in [0.25, 0.3) is 0 Å². The van der Waals surface area contributed by atoms with E-state index >= 15 is 0 Å². The van der Waals surface area contributed by atoms with Crippen molar-refractivity contribution in [1.29, 1.82) is 0 Å². The summed E-state index contributed by atoms with van der Waals surface area (Å²) in [5.74, 6) is 0. The molecule has 2 rings (SSSR count). The van der Waals surface area contributed by atoms with Crippen LogP contribution in [-0.2, 0) is 0 Å². The van der Waals surface area contributed by atoms with E-state index in [0.29, 0.717) is 4.90 Å². The van der Waals surface area contributed by atoms with Crippen molar-refractivity contribution in [2.45, 2.75) is 77.4 Å². The van der Waals surface area contributed by atoms with Crippen molar-refractivity contribution in [2.75, 3.05) is 13.0 Å². The van der Waals surface area contributed by atoms with Crippen molar-refractivity contribution >= 4 is 0 Å². The molecule has 2 aliphatic heterocycles. The van der Waals surface area contributed by atoms with E-state index in [0.717, 1.165) is 4.90 Å². The standard InChI is InChI=1S/C14H28N2/c1-13(2,3)15-9-11-7-8-12(10-15)16(11)14(4,5)6/h11-12H,7-10H2,1-6H3/i7D2,8D2,9D2,10D2,11D,12D. The van der Waals surface area contributed by atoms with Crippen LogP contribution >= 0.6 is 0 Å². The topological polar surface area (TPSA) is 6.48 Å². The zero-order valence-corrected chi connectivity index (χ0v) is 10.9.